The molecule has 25 nitrogen and oxygen atoms in total. The lowest BCUT2D eigenvalue weighted by Gasteiger charge is -2.26. The summed E-state index contributed by atoms with van der Waals surface area (Å²) < 4.78 is 49.0. The SMILES string of the molecule is Cc1ccc(NC(=O)[C@@H]2CCCN2C(=O)CNC(=O)[C@H](CCCNC(N)=O)NC(=O)[C@@H](NC(=O)CCOCCOCCOCCOCCOCCOCCOCCOCCOCCN=[N+]=[N-])C(C)C)cc1. The van der Waals surface area contributed by atoms with Crippen LogP contribution in [0.15, 0.2) is 29.4 Å². The van der Waals surface area contributed by atoms with Crippen LogP contribution in [0.5, 0.6) is 0 Å². The standard InChI is InChI=1S/C46H78N10O15/c1-35(2)42(45(61)53-38(6-4-13-49-46(47)62)43(59)50-34-41(58)56-15-5-7-39(56)44(60)52-37-10-8-36(3)9-11-37)54-40(57)12-16-63-18-20-65-22-24-67-26-28-69-30-32-71-33-31-70-29-27-68-25-23-66-21-19-64-17-14-51-55-48/h8-11,35,38-39,42H,4-7,12-34H2,1-3H3,(H,50,59)(H,52,60)(H,53,61)(H,54,57)(H3,47,49,62)/t38-,39-,42-/m0/s1. The molecule has 0 bridgehead atoms. The number of primary amides is 1. The molecule has 1 aliphatic heterocycles. The van der Waals surface area contributed by atoms with Gasteiger partial charge in [-0.25, -0.2) is 4.79 Å². The molecule has 0 unspecified atom stereocenters. The smallest absolute Gasteiger partial charge is 0.312 e. The van der Waals surface area contributed by atoms with E-state index in [-0.39, 0.29) is 57.5 Å². The summed E-state index contributed by atoms with van der Waals surface area (Å²) in [6.45, 7) is 12.7. The van der Waals surface area contributed by atoms with Gasteiger partial charge in [0.2, 0.25) is 29.5 Å². The lowest BCUT2D eigenvalue weighted by atomic mass is 10.0. The van der Waals surface area contributed by atoms with Crippen LogP contribution in [-0.4, -0.2) is 204 Å². The Labute approximate surface area is 416 Å². The number of amides is 7. The van der Waals surface area contributed by atoms with E-state index >= 15 is 0 Å². The zero-order valence-electron chi connectivity index (χ0n) is 41.7. The lowest BCUT2D eigenvalue weighted by Crippen LogP contribution is -2.56. The van der Waals surface area contributed by atoms with Crippen LogP contribution in [0.4, 0.5) is 10.5 Å². The number of hydrogen-bond acceptors (Lipinski definition) is 16. The quantitative estimate of drug-likeness (QED) is 0.0230. The highest BCUT2D eigenvalue weighted by Crippen LogP contribution is 2.20. The van der Waals surface area contributed by atoms with Crippen LogP contribution < -0.4 is 32.3 Å². The van der Waals surface area contributed by atoms with E-state index in [1.54, 1.807) is 26.0 Å². The zero-order valence-corrected chi connectivity index (χ0v) is 41.7. The number of aryl methyl sites for hydroxylation is 1. The second-order valence-electron chi connectivity index (χ2n) is 16.3. The number of urea groups is 1. The fourth-order valence-electron chi connectivity index (χ4n) is 6.59. The summed E-state index contributed by atoms with van der Waals surface area (Å²) in [5.41, 5.74) is 15.0. The Balaban J connectivity index is 1.54. The number of azide groups is 1. The van der Waals surface area contributed by atoms with E-state index in [2.05, 4.69) is 36.6 Å². The second kappa shape index (κ2) is 40.4. The maximum Gasteiger partial charge on any atom is 0.312 e. The molecule has 7 amide bonds. The van der Waals surface area contributed by atoms with Crippen LogP contribution in [0, 0.1) is 12.8 Å². The molecule has 1 aliphatic rings. The van der Waals surface area contributed by atoms with Gasteiger partial charge in [0.15, 0.2) is 0 Å². The number of hydrogen-bond donors (Lipinski definition) is 6. The van der Waals surface area contributed by atoms with Gasteiger partial charge in [-0.2, -0.15) is 0 Å². The van der Waals surface area contributed by atoms with Crippen molar-refractivity contribution in [2.24, 2.45) is 16.8 Å². The Morgan fingerprint density at radius 2 is 1.20 bits per heavy atom. The molecule has 0 saturated carbocycles. The van der Waals surface area contributed by atoms with Crippen molar-refractivity contribution in [3.8, 4) is 0 Å². The predicted molar refractivity (Wildman–Crippen MR) is 259 cm³/mol. The van der Waals surface area contributed by atoms with Gasteiger partial charge < -0.3 is 79.8 Å². The summed E-state index contributed by atoms with van der Waals surface area (Å²) in [7, 11) is 0. The Bertz CT molecular complexity index is 1710. The molecular formula is C46H78N10O15. The van der Waals surface area contributed by atoms with Gasteiger partial charge in [0.1, 0.15) is 18.1 Å². The van der Waals surface area contributed by atoms with Crippen LogP contribution in [0.1, 0.15) is 51.5 Å². The summed E-state index contributed by atoms with van der Waals surface area (Å²) in [4.78, 5) is 81.5. The zero-order chi connectivity index (χ0) is 51.7. The summed E-state index contributed by atoms with van der Waals surface area (Å²) in [6, 6.07) is 3.75. The van der Waals surface area contributed by atoms with Gasteiger partial charge in [-0.3, -0.25) is 24.0 Å². The van der Waals surface area contributed by atoms with Gasteiger partial charge in [0.05, 0.1) is 125 Å². The van der Waals surface area contributed by atoms with Crippen LogP contribution in [0.2, 0.25) is 0 Å². The average Bonchev–Trinajstić information content (AvgIpc) is 3.85. The molecule has 1 aromatic rings. The minimum absolute atomic E-state index is 0.0285. The van der Waals surface area contributed by atoms with Gasteiger partial charge in [-0.15, -0.1) is 0 Å². The van der Waals surface area contributed by atoms with E-state index in [9.17, 15) is 28.8 Å². The van der Waals surface area contributed by atoms with Gasteiger partial charge in [0.25, 0.3) is 0 Å². The van der Waals surface area contributed by atoms with E-state index < -0.39 is 54.3 Å². The van der Waals surface area contributed by atoms with Crippen LogP contribution >= 0.6 is 0 Å². The van der Waals surface area contributed by atoms with E-state index in [0.717, 1.165) is 5.56 Å². The summed E-state index contributed by atoms with van der Waals surface area (Å²) in [6.07, 6.45) is 1.41. The molecule has 25 heteroatoms. The minimum Gasteiger partial charge on any atom is -0.379 e. The second-order valence-corrected chi connectivity index (χ2v) is 16.3. The number of nitrogens with one attached hydrogen (secondary N) is 5. The van der Waals surface area contributed by atoms with Crippen LogP contribution in [0.25, 0.3) is 10.4 Å². The first-order valence-electron chi connectivity index (χ1n) is 24.2. The van der Waals surface area contributed by atoms with Crippen molar-refractivity contribution in [1.82, 2.24) is 26.2 Å². The van der Waals surface area contributed by atoms with Crippen molar-refractivity contribution >= 4 is 41.3 Å². The third-order valence-corrected chi connectivity index (χ3v) is 10.3. The fourth-order valence-corrected chi connectivity index (χ4v) is 6.59. The normalized spacial score (nSPS) is 14.1. The molecule has 1 aromatic carbocycles. The predicted octanol–water partition coefficient (Wildman–Crippen LogP) is 0.965. The number of anilines is 1. The Hall–Kier alpha value is -5.21. The number of carbonyl (C=O) groups excluding carboxylic acids is 6. The number of nitrogens with two attached hydrogens (primary N) is 1. The Morgan fingerprint density at radius 3 is 1.68 bits per heavy atom. The number of rotatable bonds is 43. The molecule has 0 aromatic heterocycles. The van der Waals surface area contributed by atoms with Gasteiger partial charge in [-0.1, -0.05) is 36.7 Å². The first-order valence-corrected chi connectivity index (χ1v) is 24.2. The van der Waals surface area contributed by atoms with Crippen molar-refractivity contribution in [3.63, 3.8) is 0 Å². The largest absolute Gasteiger partial charge is 0.379 e. The number of ether oxygens (including phenoxy) is 9. The molecule has 1 heterocycles. The topological polar surface area (TPSA) is 324 Å². The average molecular weight is 1010 g/mol. The molecule has 0 radical (unpaired) electrons. The molecule has 1 fully saturated rings. The molecule has 0 spiro atoms. The van der Waals surface area contributed by atoms with E-state index in [1.807, 2.05) is 19.1 Å². The molecule has 402 valence electrons. The Morgan fingerprint density at radius 1 is 0.704 bits per heavy atom. The van der Waals surface area contributed by atoms with Crippen LogP contribution in [0.3, 0.4) is 0 Å². The molecular weight excluding hydrogens is 933 g/mol. The van der Waals surface area contributed by atoms with Crippen molar-refractivity contribution in [2.45, 2.75) is 71.0 Å². The highest BCUT2D eigenvalue weighted by Gasteiger charge is 2.35. The summed E-state index contributed by atoms with van der Waals surface area (Å²) in [5, 5.41) is 16.7. The molecule has 0 aliphatic carbocycles. The summed E-state index contributed by atoms with van der Waals surface area (Å²) >= 11 is 0. The van der Waals surface area contributed by atoms with Gasteiger partial charge >= 0.3 is 6.03 Å². The van der Waals surface area contributed by atoms with E-state index in [4.69, 9.17) is 53.9 Å². The van der Waals surface area contributed by atoms with E-state index in [1.165, 1.54) is 4.90 Å². The third-order valence-electron chi connectivity index (χ3n) is 10.3. The van der Waals surface area contributed by atoms with Gasteiger partial charge in [0, 0.05) is 36.7 Å². The first kappa shape index (κ1) is 61.9. The maximum absolute atomic E-state index is 13.5. The van der Waals surface area contributed by atoms with Crippen molar-refractivity contribution < 1.29 is 71.4 Å². The molecule has 7 N–H and O–H groups in total. The van der Waals surface area contributed by atoms with E-state index in [0.29, 0.717) is 131 Å². The monoisotopic (exact) mass is 1010 g/mol. The maximum atomic E-state index is 13.5. The highest BCUT2D eigenvalue weighted by molar-refractivity contribution is 5.98. The Kier molecular flexibility index (Phi) is 35.2. The fraction of sp³-hybridized carbons (Fsp3) is 0.739. The van der Waals surface area contributed by atoms with Gasteiger partial charge in [-0.05, 0) is 56.2 Å². The lowest BCUT2D eigenvalue weighted by molar-refractivity contribution is -0.138. The minimum atomic E-state index is -1.12. The molecule has 1 saturated heterocycles. The first-order chi connectivity index (χ1) is 34.4. The number of nitrogens with zero attached hydrogens (tertiary/aromatic N) is 4. The number of likely N-dealkylation sites (tertiary alicyclic amines) is 1. The third kappa shape index (κ3) is 31.0. The summed E-state index contributed by atoms with van der Waals surface area (Å²) in [5.74, 6) is -2.82. The van der Waals surface area contributed by atoms with Crippen molar-refractivity contribution in [3.05, 3.63) is 40.3 Å². The van der Waals surface area contributed by atoms with Crippen molar-refractivity contribution in [1.29, 1.82) is 0 Å². The molecule has 3 atom stereocenters. The number of carbonyl (C=O) groups is 6. The number of benzene rings is 1. The highest BCUT2D eigenvalue weighted by atomic mass is 16.6. The van der Waals surface area contributed by atoms with Crippen LogP contribution in [-0.2, 0) is 66.6 Å². The molecule has 71 heavy (non-hydrogen) atoms. The molecule has 2 rings (SSSR count). The van der Waals surface area contributed by atoms with Crippen molar-refractivity contribution in [2.75, 3.05) is 150 Å².